The number of piperidine rings is 1. The predicted molar refractivity (Wildman–Crippen MR) is 57.6 cm³/mol. The molecule has 3 atom stereocenters. The van der Waals surface area contributed by atoms with Crippen molar-refractivity contribution in [2.45, 2.75) is 32.7 Å². The lowest BCUT2D eigenvalue weighted by Crippen LogP contribution is -2.45. The molecule has 1 aliphatic heterocycles. The zero-order chi connectivity index (χ0) is 10.6. The lowest BCUT2D eigenvalue weighted by molar-refractivity contribution is 0.112. The van der Waals surface area contributed by atoms with E-state index in [2.05, 4.69) is 17.9 Å². The van der Waals surface area contributed by atoms with Crippen LogP contribution in [-0.4, -0.2) is 30.6 Å². The summed E-state index contributed by atoms with van der Waals surface area (Å²) in [5.74, 6) is 0.770. The van der Waals surface area contributed by atoms with Crippen LogP contribution in [0.4, 0.5) is 0 Å². The van der Waals surface area contributed by atoms with Crippen molar-refractivity contribution < 1.29 is 0 Å². The maximum atomic E-state index is 8.77. The number of hydrogen-bond donors (Lipinski definition) is 1. The van der Waals surface area contributed by atoms with Crippen LogP contribution >= 0.6 is 0 Å². The molecule has 3 heteroatoms. The molecular weight excluding hydrogens is 174 g/mol. The molecule has 80 valence electrons. The highest BCUT2D eigenvalue weighted by atomic mass is 15.2. The summed E-state index contributed by atoms with van der Waals surface area (Å²) < 4.78 is 0. The molecule has 0 amide bonds. The summed E-state index contributed by atoms with van der Waals surface area (Å²) >= 11 is 0. The van der Waals surface area contributed by atoms with E-state index in [9.17, 15) is 0 Å². The molecule has 1 rings (SSSR count). The van der Waals surface area contributed by atoms with Crippen molar-refractivity contribution in [2.75, 3.05) is 19.6 Å². The van der Waals surface area contributed by atoms with E-state index in [1.807, 2.05) is 6.92 Å². The second kappa shape index (κ2) is 5.33. The van der Waals surface area contributed by atoms with Gasteiger partial charge in [0.05, 0.1) is 12.0 Å². The molecule has 0 aliphatic carbocycles. The van der Waals surface area contributed by atoms with Gasteiger partial charge < -0.3 is 5.73 Å². The third kappa shape index (κ3) is 2.97. The Labute approximate surface area is 86.9 Å². The topological polar surface area (TPSA) is 53.0 Å². The number of rotatable bonds is 3. The fourth-order valence-corrected chi connectivity index (χ4v) is 2.10. The summed E-state index contributed by atoms with van der Waals surface area (Å²) in [4.78, 5) is 2.41. The minimum Gasteiger partial charge on any atom is -0.330 e. The van der Waals surface area contributed by atoms with Crippen LogP contribution in [0.5, 0.6) is 0 Å². The molecule has 1 fully saturated rings. The van der Waals surface area contributed by atoms with Crippen molar-refractivity contribution in [3.8, 4) is 6.07 Å². The van der Waals surface area contributed by atoms with Crippen molar-refractivity contribution in [2.24, 2.45) is 17.6 Å². The number of nitriles is 1. The molecule has 0 saturated carbocycles. The van der Waals surface area contributed by atoms with Crippen LogP contribution in [0.1, 0.15) is 26.7 Å². The van der Waals surface area contributed by atoms with E-state index in [1.54, 1.807) is 0 Å². The van der Waals surface area contributed by atoms with E-state index >= 15 is 0 Å². The van der Waals surface area contributed by atoms with E-state index < -0.39 is 0 Å². The Bertz CT molecular complexity index is 209. The van der Waals surface area contributed by atoms with Crippen molar-refractivity contribution in [1.29, 1.82) is 5.26 Å². The van der Waals surface area contributed by atoms with Crippen molar-refractivity contribution in [1.82, 2.24) is 4.90 Å². The van der Waals surface area contributed by atoms with Crippen LogP contribution in [0, 0.1) is 23.2 Å². The largest absolute Gasteiger partial charge is 0.330 e. The number of likely N-dealkylation sites (tertiary alicyclic amines) is 1. The Morgan fingerprint density at radius 2 is 2.29 bits per heavy atom. The van der Waals surface area contributed by atoms with Gasteiger partial charge in [0.25, 0.3) is 0 Å². The van der Waals surface area contributed by atoms with Gasteiger partial charge in [-0.2, -0.15) is 5.26 Å². The van der Waals surface area contributed by atoms with Gasteiger partial charge in [-0.3, -0.25) is 4.90 Å². The zero-order valence-electron chi connectivity index (χ0n) is 9.24. The lowest BCUT2D eigenvalue weighted by Gasteiger charge is -2.38. The number of hydrogen-bond acceptors (Lipinski definition) is 3. The fraction of sp³-hybridized carbons (Fsp3) is 0.909. The molecule has 1 aliphatic rings. The van der Waals surface area contributed by atoms with Crippen molar-refractivity contribution in [3.05, 3.63) is 0 Å². The minimum absolute atomic E-state index is 0.133. The first-order valence-corrected chi connectivity index (χ1v) is 5.51. The Morgan fingerprint density at radius 1 is 1.57 bits per heavy atom. The molecular formula is C11H21N3. The summed E-state index contributed by atoms with van der Waals surface area (Å²) in [6.45, 7) is 6.98. The van der Waals surface area contributed by atoms with E-state index in [0.29, 0.717) is 12.0 Å². The summed E-state index contributed by atoms with van der Waals surface area (Å²) in [6.07, 6.45) is 2.47. The van der Waals surface area contributed by atoms with Crippen LogP contribution in [0.3, 0.4) is 0 Å². The quantitative estimate of drug-likeness (QED) is 0.736. The molecule has 3 nitrogen and oxygen atoms in total. The summed E-state index contributed by atoms with van der Waals surface area (Å²) in [5, 5.41) is 8.77. The van der Waals surface area contributed by atoms with E-state index in [1.165, 1.54) is 12.8 Å². The van der Waals surface area contributed by atoms with Gasteiger partial charge in [0.15, 0.2) is 0 Å². The second-order valence-corrected chi connectivity index (χ2v) is 4.51. The normalized spacial score (nSPS) is 31.0. The second-order valence-electron chi connectivity index (χ2n) is 4.51. The van der Waals surface area contributed by atoms with Crippen LogP contribution in [0.2, 0.25) is 0 Å². The first-order valence-electron chi connectivity index (χ1n) is 5.51. The van der Waals surface area contributed by atoms with Crippen molar-refractivity contribution >= 4 is 0 Å². The highest BCUT2D eigenvalue weighted by Crippen LogP contribution is 2.21. The Morgan fingerprint density at radius 3 is 2.86 bits per heavy atom. The summed E-state index contributed by atoms with van der Waals surface area (Å²) in [5.41, 5.74) is 5.68. The van der Waals surface area contributed by atoms with Gasteiger partial charge in [-0.15, -0.1) is 0 Å². The third-order valence-corrected chi connectivity index (χ3v) is 3.17. The number of nitrogens with two attached hydrogens (primary N) is 1. The molecule has 1 saturated heterocycles. The molecule has 0 aromatic carbocycles. The first-order chi connectivity index (χ1) is 6.67. The summed E-state index contributed by atoms with van der Waals surface area (Å²) in [7, 11) is 0. The fourth-order valence-electron chi connectivity index (χ4n) is 2.10. The average molecular weight is 195 g/mol. The molecule has 2 N–H and O–H groups in total. The van der Waals surface area contributed by atoms with Crippen LogP contribution in [0.15, 0.2) is 0 Å². The van der Waals surface area contributed by atoms with Gasteiger partial charge in [-0.25, -0.2) is 0 Å². The van der Waals surface area contributed by atoms with Crippen LogP contribution < -0.4 is 5.73 Å². The monoisotopic (exact) mass is 195 g/mol. The first kappa shape index (κ1) is 11.5. The van der Waals surface area contributed by atoms with Gasteiger partial charge in [0.1, 0.15) is 0 Å². The maximum absolute atomic E-state index is 8.77. The standard InChI is InChI=1S/C11H21N3/c1-9(5-12)7-14-8-11(6-13)4-3-10(14)2/h9-11H,3-4,6-8,13H2,1-2H3. The molecule has 0 aromatic rings. The molecule has 14 heavy (non-hydrogen) atoms. The minimum atomic E-state index is 0.133. The third-order valence-electron chi connectivity index (χ3n) is 3.17. The smallest absolute Gasteiger partial charge is 0.0666 e. The molecule has 0 aromatic heterocycles. The van der Waals surface area contributed by atoms with Crippen molar-refractivity contribution in [3.63, 3.8) is 0 Å². The molecule has 1 heterocycles. The van der Waals surface area contributed by atoms with Gasteiger partial charge >= 0.3 is 0 Å². The molecule has 3 unspecified atom stereocenters. The zero-order valence-corrected chi connectivity index (χ0v) is 9.24. The molecule has 0 radical (unpaired) electrons. The average Bonchev–Trinajstić information content (AvgIpc) is 2.21. The Balaban J connectivity index is 2.44. The Hall–Kier alpha value is -0.590. The van der Waals surface area contributed by atoms with Crippen LogP contribution in [0.25, 0.3) is 0 Å². The van der Waals surface area contributed by atoms with E-state index in [0.717, 1.165) is 19.6 Å². The van der Waals surface area contributed by atoms with Crippen LogP contribution in [-0.2, 0) is 0 Å². The summed E-state index contributed by atoms with van der Waals surface area (Å²) in [6, 6.07) is 2.91. The molecule has 0 spiro atoms. The van der Waals surface area contributed by atoms with Gasteiger partial charge in [-0.1, -0.05) is 0 Å². The molecule has 0 bridgehead atoms. The maximum Gasteiger partial charge on any atom is 0.0666 e. The van der Waals surface area contributed by atoms with Gasteiger partial charge in [0, 0.05) is 19.1 Å². The lowest BCUT2D eigenvalue weighted by atomic mass is 9.93. The predicted octanol–water partition coefficient (Wildman–Crippen LogP) is 1.21. The SMILES string of the molecule is CC(C#N)CN1CC(CN)CCC1C. The van der Waals surface area contributed by atoms with Gasteiger partial charge in [-0.05, 0) is 39.2 Å². The van der Waals surface area contributed by atoms with E-state index in [-0.39, 0.29) is 5.92 Å². The number of nitrogens with zero attached hydrogens (tertiary/aromatic N) is 2. The highest BCUT2D eigenvalue weighted by Gasteiger charge is 2.25. The van der Waals surface area contributed by atoms with E-state index in [4.69, 9.17) is 11.0 Å². The highest BCUT2D eigenvalue weighted by molar-refractivity contribution is 4.86. The van der Waals surface area contributed by atoms with Gasteiger partial charge in [0.2, 0.25) is 0 Å². The Kier molecular flexibility index (Phi) is 4.37.